The smallest absolute Gasteiger partial charge is 0.258 e. The number of ether oxygens (including phenoxy) is 1. The molecule has 1 aliphatic heterocycles. The second-order valence-corrected chi connectivity index (χ2v) is 6.46. The van der Waals surface area contributed by atoms with Crippen LogP contribution >= 0.6 is 0 Å². The highest BCUT2D eigenvalue weighted by Crippen LogP contribution is 2.36. The third kappa shape index (κ3) is 4.87. The van der Waals surface area contributed by atoms with Gasteiger partial charge in [0.05, 0.1) is 17.6 Å². The van der Waals surface area contributed by atoms with Crippen LogP contribution in [0.15, 0.2) is 40.7 Å². The van der Waals surface area contributed by atoms with Gasteiger partial charge in [-0.2, -0.15) is 4.98 Å². The highest BCUT2D eigenvalue weighted by molar-refractivity contribution is 6.09. The number of hydrogen-bond donors (Lipinski definition) is 2. The van der Waals surface area contributed by atoms with Crippen LogP contribution in [0.2, 0.25) is 0 Å². The average Bonchev–Trinajstić information content (AvgIpc) is 3.20. The SMILES string of the molecule is C=C/C(=C\C1=C(C)OC(CC)(CC)CC1=O)c1nc(C(/C=[NH+]\[O-])=C/C=[NH+]/[O-])no1. The Bertz CT molecular complexity index is 917. The van der Waals surface area contributed by atoms with Crippen LogP contribution in [0.1, 0.15) is 51.7 Å². The van der Waals surface area contributed by atoms with E-state index in [2.05, 4.69) is 16.7 Å². The molecule has 0 aromatic carbocycles. The van der Waals surface area contributed by atoms with Crippen LogP contribution in [-0.4, -0.2) is 34.0 Å². The van der Waals surface area contributed by atoms with Crippen LogP contribution in [0.25, 0.3) is 11.1 Å². The van der Waals surface area contributed by atoms with Crippen LogP contribution in [0.3, 0.4) is 0 Å². The van der Waals surface area contributed by atoms with Crippen molar-refractivity contribution in [2.45, 2.75) is 45.6 Å². The summed E-state index contributed by atoms with van der Waals surface area (Å²) in [5, 5.41) is 28.1. The Hall–Kier alpha value is -3.49. The number of Topliss-reactive ketones (excluding diaryl/α,β-unsaturated/α-hetero) is 1. The summed E-state index contributed by atoms with van der Waals surface area (Å²) >= 11 is 0. The van der Waals surface area contributed by atoms with Gasteiger partial charge in [0.15, 0.2) is 18.2 Å². The number of nitrogens with one attached hydrogen (secondary N) is 2. The summed E-state index contributed by atoms with van der Waals surface area (Å²) in [6, 6.07) is 0. The Morgan fingerprint density at radius 2 is 2.00 bits per heavy atom. The maximum atomic E-state index is 12.8. The van der Waals surface area contributed by atoms with Gasteiger partial charge in [-0.25, -0.2) is 10.3 Å². The van der Waals surface area contributed by atoms with E-state index in [1.165, 1.54) is 12.2 Å². The number of rotatable bonds is 8. The molecule has 1 aromatic heterocycles. The molecule has 0 atom stereocenters. The standard InChI is InChI=1S/C20H24N4O5/c1-5-14(10-16-13(4)28-20(6-2,7-3)11-17(16)25)19-23-18(24-29-19)15(12-22-27)8-9-21-26/h5,8-10,12,21-22H,1,6-7,11H2,2-4H3/b14-10+,22-12-. The molecule has 0 bridgehead atoms. The van der Waals surface area contributed by atoms with Crippen molar-refractivity contribution in [3.63, 3.8) is 0 Å². The molecule has 1 aliphatic rings. The van der Waals surface area contributed by atoms with E-state index >= 15 is 0 Å². The van der Waals surface area contributed by atoms with Gasteiger partial charge in [0.1, 0.15) is 11.4 Å². The molecule has 2 N–H and O–H groups in total. The lowest BCUT2D eigenvalue weighted by atomic mass is 9.85. The fourth-order valence-electron chi connectivity index (χ4n) is 3.02. The van der Waals surface area contributed by atoms with Gasteiger partial charge in [0, 0.05) is 11.6 Å². The molecule has 2 heterocycles. The average molecular weight is 400 g/mol. The van der Waals surface area contributed by atoms with Crippen LogP contribution in [0, 0.1) is 10.4 Å². The van der Waals surface area contributed by atoms with E-state index in [4.69, 9.17) is 9.26 Å². The second kappa shape index (κ2) is 9.63. The summed E-state index contributed by atoms with van der Waals surface area (Å²) in [6.07, 6.45) is 8.29. The zero-order chi connectivity index (χ0) is 21.4. The minimum atomic E-state index is -0.475. The summed E-state index contributed by atoms with van der Waals surface area (Å²) in [5.74, 6) is 0.684. The summed E-state index contributed by atoms with van der Waals surface area (Å²) in [7, 11) is 0. The van der Waals surface area contributed by atoms with E-state index in [0.717, 1.165) is 25.3 Å². The minimum absolute atomic E-state index is 0.0304. The summed E-state index contributed by atoms with van der Waals surface area (Å²) in [4.78, 5) is 17.0. The molecular weight excluding hydrogens is 376 g/mol. The van der Waals surface area contributed by atoms with Crippen molar-refractivity contribution in [3.05, 3.63) is 58.3 Å². The van der Waals surface area contributed by atoms with Gasteiger partial charge in [-0.15, -0.1) is 0 Å². The zero-order valence-electron chi connectivity index (χ0n) is 16.7. The Kier molecular flexibility index (Phi) is 7.24. The van der Waals surface area contributed by atoms with Crippen molar-refractivity contribution in [1.29, 1.82) is 0 Å². The number of aromatic nitrogens is 2. The van der Waals surface area contributed by atoms with E-state index in [9.17, 15) is 15.2 Å². The van der Waals surface area contributed by atoms with Gasteiger partial charge in [-0.1, -0.05) is 31.7 Å². The monoisotopic (exact) mass is 400 g/mol. The largest absolute Gasteiger partial charge is 0.625 e. The Balaban J connectivity index is 2.42. The predicted molar refractivity (Wildman–Crippen MR) is 108 cm³/mol. The summed E-state index contributed by atoms with van der Waals surface area (Å²) in [6.45, 7) is 9.49. The second-order valence-electron chi connectivity index (χ2n) is 6.46. The van der Waals surface area contributed by atoms with Gasteiger partial charge in [-0.3, -0.25) is 4.79 Å². The number of carbonyl (C=O) groups is 1. The molecule has 0 fully saturated rings. The van der Waals surface area contributed by atoms with E-state index in [1.807, 2.05) is 13.8 Å². The molecule has 0 spiro atoms. The highest BCUT2D eigenvalue weighted by atomic mass is 16.5. The molecular formula is C20H24N4O5. The van der Waals surface area contributed by atoms with Gasteiger partial charge in [0.25, 0.3) is 5.89 Å². The van der Waals surface area contributed by atoms with E-state index in [1.54, 1.807) is 23.3 Å². The molecule has 0 saturated carbocycles. The lowest BCUT2D eigenvalue weighted by molar-refractivity contribution is -0.367. The first-order valence-corrected chi connectivity index (χ1v) is 9.17. The van der Waals surface area contributed by atoms with Crippen molar-refractivity contribution < 1.29 is 24.4 Å². The van der Waals surface area contributed by atoms with Crippen molar-refractivity contribution in [3.8, 4) is 0 Å². The first kappa shape index (κ1) is 21.8. The van der Waals surface area contributed by atoms with Gasteiger partial charge >= 0.3 is 0 Å². The summed E-state index contributed by atoms with van der Waals surface area (Å²) in [5.41, 5.74) is 0.600. The Morgan fingerprint density at radius 3 is 2.55 bits per heavy atom. The molecule has 9 heteroatoms. The Labute approximate surface area is 168 Å². The van der Waals surface area contributed by atoms with Crippen molar-refractivity contribution in [2.24, 2.45) is 0 Å². The van der Waals surface area contributed by atoms with Gasteiger partial charge < -0.3 is 19.7 Å². The molecule has 2 rings (SSSR count). The molecule has 154 valence electrons. The van der Waals surface area contributed by atoms with Gasteiger partial charge in [-0.05, 0) is 25.8 Å². The zero-order valence-corrected chi connectivity index (χ0v) is 16.7. The van der Waals surface area contributed by atoms with E-state index < -0.39 is 5.60 Å². The molecule has 9 nitrogen and oxygen atoms in total. The van der Waals surface area contributed by atoms with Crippen molar-refractivity contribution >= 4 is 29.4 Å². The lowest BCUT2D eigenvalue weighted by Crippen LogP contribution is -2.61. The normalized spacial score (nSPS) is 18.0. The first-order chi connectivity index (χ1) is 13.9. The van der Waals surface area contributed by atoms with E-state index in [0.29, 0.717) is 16.9 Å². The quantitative estimate of drug-likeness (QED) is 0.274. The molecule has 0 unspecified atom stereocenters. The molecule has 1 aromatic rings. The van der Waals surface area contributed by atoms with Crippen LogP contribution in [0.4, 0.5) is 0 Å². The number of hydrogen-bond acceptors (Lipinski definition) is 7. The number of ketones is 1. The Morgan fingerprint density at radius 1 is 1.28 bits per heavy atom. The van der Waals surface area contributed by atoms with Crippen LogP contribution in [0.5, 0.6) is 0 Å². The number of nitrogens with zero attached hydrogens (tertiary/aromatic N) is 2. The van der Waals surface area contributed by atoms with E-state index in [-0.39, 0.29) is 29.5 Å². The topological polar surface area (TPSA) is 139 Å². The van der Waals surface area contributed by atoms with Crippen molar-refractivity contribution in [2.75, 3.05) is 0 Å². The molecule has 0 aliphatic carbocycles. The third-order valence-electron chi connectivity index (χ3n) is 4.82. The number of carbonyl (C=O) groups excluding carboxylic acids is 1. The number of allylic oxidation sites excluding steroid dienone is 7. The van der Waals surface area contributed by atoms with Crippen molar-refractivity contribution in [1.82, 2.24) is 10.1 Å². The fourth-order valence-corrected chi connectivity index (χ4v) is 3.02. The van der Waals surface area contributed by atoms with Crippen LogP contribution in [-0.2, 0) is 9.53 Å². The maximum Gasteiger partial charge on any atom is 0.258 e. The summed E-state index contributed by atoms with van der Waals surface area (Å²) < 4.78 is 11.3. The lowest BCUT2D eigenvalue weighted by Gasteiger charge is -2.36. The third-order valence-corrected chi connectivity index (χ3v) is 4.82. The van der Waals surface area contributed by atoms with Gasteiger partial charge in [0.2, 0.25) is 5.82 Å². The van der Waals surface area contributed by atoms with Crippen LogP contribution < -0.4 is 10.3 Å². The maximum absolute atomic E-state index is 12.8. The first-order valence-electron chi connectivity index (χ1n) is 9.17. The molecule has 0 amide bonds. The molecule has 29 heavy (non-hydrogen) atoms. The molecule has 0 radical (unpaired) electrons. The predicted octanol–water partition coefficient (Wildman–Crippen LogP) is 0.143. The molecule has 0 saturated heterocycles. The fraction of sp³-hybridized carbons (Fsp3) is 0.350. The minimum Gasteiger partial charge on any atom is -0.625 e. The highest BCUT2D eigenvalue weighted by Gasteiger charge is 2.37.